The number of ether oxygens (including phenoxy) is 2. The van der Waals surface area contributed by atoms with Gasteiger partial charge in [-0.05, 0) is 44.0 Å². The Labute approximate surface area is 178 Å². The number of nitrogens with one attached hydrogen (secondary N) is 2. The van der Waals surface area contributed by atoms with Crippen LogP contribution in [-0.2, 0) is 4.74 Å². The normalized spacial score (nSPS) is 17.1. The monoisotopic (exact) mass is 494 g/mol. The molecule has 2 N–H and O–H groups in total. The molecule has 154 valence electrons. The van der Waals surface area contributed by atoms with Gasteiger partial charge in [-0.1, -0.05) is 0 Å². The number of methoxy groups -OCH3 is 1. The minimum atomic E-state index is -0.263. The Hall–Kier alpha value is -1.13. The molecule has 1 aliphatic rings. The molecule has 0 saturated carbocycles. The molecule has 1 atom stereocenters. The van der Waals surface area contributed by atoms with Gasteiger partial charge in [-0.2, -0.15) is 0 Å². The molecule has 0 bridgehead atoms. The Kier molecular flexibility index (Phi) is 11.6. The van der Waals surface area contributed by atoms with Crippen LogP contribution in [0.3, 0.4) is 0 Å². The molecule has 0 spiro atoms. The lowest BCUT2D eigenvalue weighted by molar-refractivity contribution is 0.128. The van der Waals surface area contributed by atoms with Gasteiger partial charge in [-0.3, -0.25) is 4.99 Å². The standard InChI is InChI=1S/C19H31FN4O2.HI/c1-15(26-18-6-4-16(20)5-7-18)14-22-19(21-2)23-17-8-10-24(11-9-17)12-13-25-3;/h4-7,15,17H,8-14H2,1-3H3,(H2,21,22,23);1H. The second-order valence-corrected chi connectivity index (χ2v) is 6.59. The Balaban J connectivity index is 0.00000364. The van der Waals surface area contributed by atoms with E-state index >= 15 is 0 Å². The van der Waals surface area contributed by atoms with E-state index in [9.17, 15) is 4.39 Å². The summed E-state index contributed by atoms with van der Waals surface area (Å²) >= 11 is 0. The topological polar surface area (TPSA) is 58.1 Å². The van der Waals surface area contributed by atoms with Crippen LogP contribution in [0, 0.1) is 5.82 Å². The fourth-order valence-corrected chi connectivity index (χ4v) is 2.94. The van der Waals surface area contributed by atoms with E-state index in [0.29, 0.717) is 18.3 Å². The lowest BCUT2D eigenvalue weighted by Gasteiger charge is -2.33. The van der Waals surface area contributed by atoms with E-state index in [-0.39, 0.29) is 35.9 Å². The van der Waals surface area contributed by atoms with Crippen LogP contribution in [0.4, 0.5) is 4.39 Å². The number of hydrogen-bond donors (Lipinski definition) is 2. The molecular weight excluding hydrogens is 462 g/mol. The first-order valence-corrected chi connectivity index (χ1v) is 9.21. The van der Waals surface area contributed by atoms with Crippen molar-refractivity contribution >= 4 is 29.9 Å². The molecule has 2 rings (SSSR count). The van der Waals surface area contributed by atoms with Crippen molar-refractivity contribution in [3.8, 4) is 5.75 Å². The largest absolute Gasteiger partial charge is 0.489 e. The number of aliphatic imine (C=N–C) groups is 1. The number of halogens is 2. The third-order valence-corrected chi connectivity index (χ3v) is 4.47. The van der Waals surface area contributed by atoms with Crippen molar-refractivity contribution < 1.29 is 13.9 Å². The lowest BCUT2D eigenvalue weighted by Crippen LogP contribution is -2.50. The number of likely N-dealkylation sites (tertiary alicyclic amines) is 1. The average molecular weight is 494 g/mol. The van der Waals surface area contributed by atoms with Crippen molar-refractivity contribution in [1.29, 1.82) is 0 Å². The van der Waals surface area contributed by atoms with E-state index in [0.717, 1.165) is 45.0 Å². The summed E-state index contributed by atoms with van der Waals surface area (Å²) in [6.07, 6.45) is 2.12. The summed E-state index contributed by atoms with van der Waals surface area (Å²) in [7, 11) is 3.51. The summed E-state index contributed by atoms with van der Waals surface area (Å²) < 4.78 is 23.8. The second-order valence-electron chi connectivity index (χ2n) is 6.59. The van der Waals surface area contributed by atoms with E-state index in [4.69, 9.17) is 9.47 Å². The summed E-state index contributed by atoms with van der Waals surface area (Å²) in [5.74, 6) is 1.18. The second kappa shape index (κ2) is 13.1. The van der Waals surface area contributed by atoms with Gasteiger partial charge in [0, 0.05) is 39.8 Å². The third-order valence-electron chi connectivity index (χ3n) is 4.47. The van der Waals surface area contributed by atoms with Gasteiger partial charge in [0.15, 0.2) is 5.96 Å². The van der Waals surface area contributed by atoms with Crippen molar-refractivity contribution in [3.05, 3.63) is 30.1 Å². The first-order chi connectivity index (χ1) is 12.6. The number of piperidine rings is 1. The lowest BCUT2D eigenvalue weighted by atomic mass is 10.1. The van der Waals surface area contributed by atoms with Crippen molar-refractivity contribution in [2.24, 2.45) is 4.99 Å². The molecule has 0 aromatic heterocycles. The van der Waals surface area contributed by atoms with Crippen LogP contribution in [0.1, 0.15) is 19.8 Å². The van der Waals surface area contributed by atoms with Crippen LogP contribution in [0.15, 0.2) is 29.3 Å². The van der Waals surface area contributed by atoms with Crippen LogP contribution in [0.5, 0.6) is 5.75 Å². The molecule has 6 nitrogen and oxygen atoms in total. The molecule has 1 fully saturated rings. The Morgan fingerprint density at radius 2 is 1.96 bits per heavy atom. The summed E-state index contributed by atoms with van der Waals surface area (Å²) in [5.41, 5.74) is 0. The van der Waals surface area contributed by atoms with Gasteiger partial charge >= 0.3 is 0 Å². The molecule has 27 heavy (non-hydrogen) atoms. The Morgan fingerprint density at radius 1 is 1.30 bits per heavy atom. The van der Waals surface area contributed by atoms with Crippen LogP contribution < -0.4 is 15.4 Å². The fourth-order valence-electron chi connectivity index (χ4n) is 2.94. The predicted molar refractivity (Wildman–Crippen MR) is 118 cm³/mol. The Morgan fingerprint density at radius 3 is 2.56 bits per heavy atom. The van der Waals surface area contributed by atoms with Gasteiger partial charge in [-0.15, -0.1) is 24.0 Å². The summed E-state index contributed by atoms with van der Waals surface area (Å²) in [5, 5.41) is 6.78. The molecule has 8 heteroatoms. The highest BCUT2D eigenvalue weighted by atomic mass is 127. The van der Waals surface area contributed by atoms with E-state index in [1.807, 2.05) is 6.92 Å². The van der Waals surface area contributed by atoms with Gasteiger partial charge in [0.1, 0.15) is 17.7 Å². The fraction of sp³-hybridized carbons (Fsp3) is 0.632. The molecule has 1 aromatic rings. The first-order valence-electron chi connectivity index (χ1n) is 9.21. The van der Waals surface area contributed by atoms with Crippen LogP contribution >= 0.6 is 24.0 Å². The first kappa shape index (κ1) is 23.9. The van der Waals surface area contributed by atoms with Gasteiger partial charge < -0.3 is 25.0 Å². The number of rotatable bonds is 8. The maximum atomic E-state index is 12.9. The van der Waals surface area contributed by atoms with E-state index in [1.165, 1.54) is 12.1 Å². The Bertz CT molecular complexity index is 551. The number of hydrogen-bond acceptors (Lipinski definition) is 4. The summed E-state index contributed by atoms with van der Waals surface area (Å²) in [6.45, 7) is 6.51. The van der Waals surface area contributed by atoms with Gasteiger partial charge in [-0.25, -0.2) is 4.39 Å². The smallest absolute Gasteiger partial charge is 0.191 e. The maximum Gasteiger partial charge on any atom is 0.191 e. The number of benzene rings is 1. The minimum absolute atomic E-state index is 0. The number of nitrogens with zero attached hydrogens (tertiary/aromatic N) is 2. The zero-order valence-electron chi connectivity index (χ0n) is 16.4. The highest BCUT2D eigenvalue weighted by Crippen LogP contribution is 2.13. The van der Waals surface area contributed by atoms with Crippen LogP contribution in [-0.4, -0.2) is 69.9 Å². The molecule has 1 heterocycles. The quantitative estimate of drug-likeness (QED) is 0.331. The molecule has 1 saturated heterocycles. The average Bonchev–Trinajstić information content (AvgIpc) is 2.66. The van der Waals surface area contributed by atoms with Gasteiger partial charge in [0.2, 0.25) is 0 Å². The van der Waals surface area contributed by atoms with Crippen LogP contribution in [0.2, 0.25) is 0 Å². The molecule has 0 amide bonds. The highest BCUT2D eigenvalue weighted by Gasteiger charge is 2.19. The minimum Gasteiger partial charge on any atom is -0.489 e. The van der Waals surface area contributed by atoms with E-state index in [1.54, 1.807) is 26.3 Å². The maximum absolute atomic E-state index is 12.9. The van der Waals surface area contributed by atoms with Gasteiger partial charge in [0.25, 0.3) is 0 Å². The van der Waals surface area contributed by atoms with Crippen molar-refractivity contribution in [2.75, 3.05) is 46.9 Å². The van der Waals surface area contributed by atoms with Gasteiger partial charge in [0.05, 0.1) is 13.2 Å². The van der Waals surface area contributed by atoms with Crippen molar-refractivity contribution in [2.45, 2.75) is 31.9 Å². The molecule has 1 unspecified atom stereocenters. The zero-order chi connectivity index (χ0) is 18.8. The van der Waals surface area contributed by atoms with Crippen molar-refractivity contribution in [3.63, 3.8) is 0 Å². The van der Waals surface area contributed by atoms with E-state index in [2.05, 4.69) is 20.5 Å². The number of guanidine groups is 1. The molecule has 1 aliphatic heterocycles. The highest BCUT2D eigenvalue weighted by molar-refractivity contribution is 14.0. The molecule has 0 aliphatic carbocycles. The van der Waals surface area contributed by atoms with Crippen molar-refractivity contribution in [1.82, 2.24) is 15.5 Å². The molecular formula is C19H32FIN4O2. The van der Waals surface area contributed by atoms with Crippen LogP contribution in [0.25, 0.3) is 0 Å². The predicted octanol–water partition coefficient (Wildman–Crippen LogP) is 2.49. The molecule has 1 aromatic carbocycles. The SMILES string of the molecule is CN=C(NCC(C)Oc1ccc(F)cc1)NC1CCN(CCOC)CC1.I. The third kappa shape index (κ3) is 9.07. The molecule has 0 radical (unpaired) electrons. The summed E-state index contributed by atoms with van der Waals surface area (Å²) in [6, 6.07) is 6.49. The zero-order valence-corrected chi connectivity index (χ0v) is 18.7. The summed E-state index contributed by atoms with van der Waals surface area (Å²) in [4.78, 5) is 6.72. The van der Waals surface area contributed by atoms with E-state index < -0.39 is 0 Å².